The van der Waals surface area contributed by atoms with E-state index in [4.69, 9.17) is 14.3 Å². The third-order valence-corrected chi connectivity index (χ3v) is 5.25. The van der Waals surface area contributed by atoms with Crippen LogP contribution in [0, 0.1) is 0 Å². The Balaban J connectivity index is 1.55. The topological polar surface area (TPSA) is 80.6 Å². The van der Waals surface area contributed by atoms with Crippen molar-refractivity contribution >= 4 is 17.8 Å². The third kappa shape index (κ3) is 7.13. The monoisotopic (exact) mass is 438 g/mol. The zero-order valence-corrected chi connectivity index (χ0v) is 18.4. The second kappa shape index (κ2) is 12.5. The number of benzene rings is 2. The van der Waals surface area contributed by atoms with Gasteiger partial charge in [-0.1, -0.05) is 48.0 Å². The molecule has 1 N–H and O–H groups in total. The van der Waals surface area contributed by atoms with Crippen molar-refractivity contribution in [1.29, 1.82) is 0 Å². The van der Waals surface area contributed by atoms with E-state index < -0.39 is 5.97 Å². The fraction of sp³-hybridized carbons (Fsp3) is 0.360. The van der Waals surface area contributed by atoms with E-state index in [-0.39, 0.29) is 12.2 Å². The normalized spacial score (nSPS) is 15.0. The van der Waals surface area contributed by atoms with E-state index in [0.717, 1.165) is 30.8 Å². The van der Waals surface area contributed by atoms with Gasteiger partial charge in [-0.3, -0.25) is 4.90 Å². The molecule has 0 radical (unpaired) electrons. The standard InChI is InChI=1S/C25H30N2O5/c1-30-19-24(25(28)29)23-11-4-3-9-21(23)18-31-22-10-7-8-20(16-22)17-26-32-15-14-27-12-5-2-6-13-27/h3-4,7-11,16-17,19H,2,5-6,12-15,18H2,1H3,(H,28,29). The molecule has 1 aliphatic rings. The molecular formula is C25H30N2O5. The molecule has 2 aromatic rings. The summed E-state index contributed by atoms with van der Waals surface area (Å²) in [5.41, 5.74) is 2.24. The average Bonchev–Trinajstić information content (AvgIpc) is 2.82. The molecule has 0 aromatic heterocycles. The van der Waals surface area contributed by atoms with E-state index in [1.165, 1.54) is 32.6 Å². The van der Waals surface area contributed by atoms with Gasteiger partial charge < -0.3 is 19.4 Å². The van der Waals surface area contributed by atoms with Crippen LogP contribution in [0.3, 0.4) is 0 Å². The summed E-state index contributed by atoms with van der Waals surface area (Å²) in [4.78, 5) is 19.4. The number of likely N-dealkylation sites (tertiary alicyclic amines) is 1. The summed E-state index contributed by atoms with van der Waals surface area (Å²) in [5, 5.41) is 13.5. The van der Waals surface area contributed by atoms with Gasteiger partial charge in [0.25, 0.3) is 0 Å². The first-order valence-corrected chi connectivity index (χ1v) is 10.8. The number of methoxy groups -OCH3 is 1. The first kappa shape index (κ1) is 23.3. The zero-order chi connectivity index (χ0) is 22.6. The molecule has 0 spiro atoms. The quantitative estimate of drug-likeness (QED) is 0.186. The summed E-state index contributed by atoms with van der Waals surface area (Å²) in [6, 6.07) is 14.7. The van der Waals surface area contributed by atoms with Gasteiger partial charge in [0.2, 0.25) is 0 Å². The Hall–Kier alpha value is -3.32. The lowest BCUT2D eigenvalue weighted by Crippen LogP contribution is -2.32. The van der Waals surface area contributed by atoms with Crippen LogP contribution in [0.15, 0.2) is 59.9 Å². The maximum absolute atomic E-state index is 11.6. The molecule has 170 valence electrons. The maximum atomic E-state index is 11.6. The van der Waals surface area contributed by atoms with Crippen LogP contribution < -0.4 is 4.74 Å². The van der Waals surface area contributed by atoms with Crippen molar-refractivity contribution in [2.24, 2.45) is 5.16 Å². The van der Waals surface area contributed by atoms with Crippen LogP contribution in [0.2, 0.25) is 0 Å². The second-order valence-electron chi connectivity index (χ2n) is 7.56. The number of carboxylic acid groups (broad SMARTS) is 1. The molecule has 0 aliphatic carbocycles. The van der Waals surface area contributed by atoms with Crippen LogP contribution in [-0.4, -0.2) is 55.5 Å². The Morgan fingerprint density at radius 1 is 1.12 bits per heavy atom. The van der Waals surface area contributed by atoms with E-state index in [2.05, 4.69) is 10.1 Å². The van der Waals surface area contributed by atoms with Gasteiger partial charge in [0, 0.05) is 6.54 Å². The number of aliphatic carboxylic acids is 1. The predicted molar refractivity (Wildman–Crippen MR) is 124 cm³/mol. The Morgan fingerprint density at radius 2 is 1.94 bits per heavy atom. The highest BCUT2D eigenvalue weighted by Gasteiger charge is 2.15. The Morgan fingerprint density at radius 3 is 2.72 bits per heavy atom. The molecule has 32 heavy (non-hydrogen) atoms. The summed E-state index contributed by atoms with van der Waals surface area (Å²) in [6.07, 6.45) is 6.75. The number of hydrogen-bond acceptors (Lipinski definition) is 6. The maximum Gasteiger partial charge on any atom is 0.339 e. The number of oxime groups is 1. The summed E-state index contributed by atoms with van der Waals surface area (Å²) in [5.74, 6) is -0.400. The molecule has 7 heteroatoms. The lowest BCUT2D eigenvalue weighted by Gasteiger charge is -2.25. The summed E-state index contributed by atoms with van der Waals surface area (Å²) < 4.78 is 10.8. The highest BCUT2D eigenvalue weighted by molar-refractivity contribution is 6.15. The molecule has 0 atom stereocenters. The SMILES string of the molecule is COC=C(C(=O)O)c1ccccc1COc1cccc(C=NOCCN2CCCCC2)c1. The number of ether oxygens (including phenoxy) is 2. The number of rotatable bonds is 11. The number of carbonyl (C=O) groups is 1. The van der Waals surface area contributed by atoms with E-state index in [1.807, 2.05) is 36.4 Å². The molecule has 0 bridgehead atoms. The van der Waals surface area contributed by atoms with Crippen LogP contribution >= 0.6 is 0 Å². The van der Waals surface area contributed by atoms with Crippen molar-refractivity contribution in [3.8, 4) is 5.75 Å². The molecule has 1 heterocycles. The lowest BCUT2D eigenvalue weighted by molar-refractivity contribution is -0.130. The third-order valence-electron chi connectivity index (χ3n) is 5.25. The minimum atomic E-state index is -1.06. The molecule has 2 aromatic carbocycles. The number of piperidine rings is 1. The van der Waals surface area contributed by atoms with Gasteiger partial charge in [-0.05, 0) is 54.8 Å². The fourth-order valence-corrected chi connectivity index (χ4v) is 3.61. The van der Waals surface area contributed by atoms with Gasteiger partial charge in [0.15, 0.2) is 0 Å². The van der Waals surface area contributed by atoms with Crippen molar-refractivity contribution in [2.75, 3.05) is 33.4 Å². The van der Waals surface area contributed by atoms with Crippen LogP contribution in [0.25, 0.3) is 5.57 Å². The van der Waals surface area contributed by atoms with Crippen LogP contribution in [-0.2, 0) is 21.0 Å². The molecule has 3 rings (SSSR count). The smallest absolute Gasteiger partial charge is 0.339 e. The van der Waals surface area contributed by atoms with Crippen molar-refractivity contribution in [1.82, 2.24) is 4.90 Å². The van der Waals surface area contributed by atoms with Gasteiger partial charge >= 0.3 is 5.97 Å². The van der Waals surface area contributed by atoms with E-state index in [1.54, 1.807) is 18.3 Å². The summed E-state index contributed by atoms with van der Waals surface area (Å²) >= 11 is 0. The van der Waals surface area contributed by atoms with E-state index in [9.17, 15) is 9.90 Å². The Bertz CT molecular complexity index is 935. The van der Waals surface area contributed by atoms with Crippen molar-refractivity contribution in [3.63, 3.8) is 0 Å². The molecule has 0 unspecified atom stereocenters. The summed E-state index contributed by atoms with van der Waals surface area (Å²) in [7, 11) is 1.42. The number of carboxylic acids is 1. The molecule has 0 saturated carbocycles. The number of nitrogens with zero attached hydrogens (tertiary/aromatic N) is 2. The van der Waals surface area contributed by atoms with Gasteiger partial charge in [-0.25, -0.2) is 4.79 Å². The highest BCUT2D eigenvalue weighted by Crippen LogP contribution is 2.22. The van der Waals surface area contributed by atoms with Crippen LogP contribution in [0.1, 0.15) is 36.0 Å². The zero-order valence-electron chi connectivity index (χ0n) is 18.4. The first-order chi connectivity index (χ1) is 15.7. The molecule has 1 fully saturated rings. The Labute approximate surface area is 188 Å². The molecular weight excluding hydrogens is 408 g/mol. The minimum Gasteiger partial charge on any atom is -0.503 e. The van der Waals surface area contributed by atoms with E-state index in [0.29, 0.717) is 17.9 Å². The van der Waals surface area contributed by atoms with Gasteiger partial charge in [0.1, 0.15) is 24.5 Å². The van der Waals surface area contributed by atoms with Gasteiger partial charge in [0.05, 0.1) is 19.6 Å². The van der Waals surface area contributed by atoms with Crippen LogP contribution in [0.5, 0.6) is 5.75 Å². The lowest BCUT2D eigenvalue weighted by atomic mass is 10.0. The fourth-order valence-electron chi connectivity index (χ4n) is 3.61. The van der Waals surface area contributed by atoms with Crippen molar-refractivity contribution in [2.45, 2.75) is 25.9 Å². The number of hydrogen-bond donors (Lipinski definition) is 1. The predicted octanol–water partition coefficient (Wildman–Crippen LogP) is 4.17. The van der Waals surface area contributed by atoms with Gasteiger partial charge in [-0.2, -0.15) is 0 Å². The minimum absolute atomic E-state index is 0.0780. The van der Waals surface area contributed by atoms with E-state index >= 15 is 0 Å². The highest BCUT2D eigenvalue weighted by atomic mass is 16.6. The molecule has 1 saturated heterocycles. The second-order valence-corrected chi connectivity index (χ2v) is 7.56. The van der Waals surface area contributed by atoms with Crippen molar-refractivity contribution in [3.05, 3.63) is 71.5 Å². The van der Waals surface area contributed by atoms with Crippen molar-refractivity contribution < 1.29 is 24.2 Å². The first-order valence-electron chi connectivity index (χ1n) is 10.8. The van der Waals surface area contributed by atoms with Gasteiger partial charge in [-0.15, -0.1) is 0 Å². The molecule has 1 aliphatic heterocycles. The largest absolute Gasteiger partial charge is 0.503 e. The Kier molecular flexibility index (Phi) is 9.13. The molecule has 0 amide bonds. The van der Waals surface area contributed by atoms with Crippen LogP contribution in [0.4, 0.5) is 0 Å². The summed E-state index contributed by atoms with van der Waals surface area (Å²) in [6.45, 7) is 3.98. The molecule has 7 nitrogen and oxygen atoms in total. The average molecular weight is 439 g/mol.